The number of nitrogens with zero attached hydrogens (tertiary/aromatic N) is 3. The summed E-state index contributed by atoms with van der Waals surface area (Å²) < 4.78 is 24.7. The number of aliphatic hydroxyl groups excluding tert-OH is 1. The van der Waals surface area contributed by atoms with Crippen LogP contribution in [0.3, 0.4) is 0 Å². The van der Waals surface area contributed by atoms with Crippen LogP contribution in [0.4, 0.5) is 0 Å². The van der Waals surface area contributed by atoms with Crippen LogP contribution in [-0.4, -0.2) is 95.1 Å². The Morgan fingerprint density at radius 2 is 1.89 bits per heavy atom. The maximum Gasteiger partial charge on any atom is 0.333 e. The summed E-state index contributed by atoms with van der Waals surface area (Å²) in [5.41, 5.74) is 8.07. The molecule has 0 saturated carbocycles. The Kier molecular flexibility index (Phi) is 7.59. The number of thioether (sulfide) groups is 1. The predicted molar refractivity (Wildman–Crippen MR) is 201 cm³/mol. The Bertz CT molecular complexity index is 2320. The van der Waals surface area contributed by atoms with Gasteiger partial charge < -0.3 is 34.1 Å². The standard InChI is InChI=1S/C41H43N5O7S/c1-18-10-21-11-26-27(13-42)46-28-15-51-40(49)41(39-24(12-22(14-47)44-41)23-8-6-7-9-25(23)43-39)16-54-38(29-19(2)20(3)36-37(31(28)29)53-17-52-36)33(46)32(45(26)4)30(21)34(48)35(18)50-5/h6-10,22,26-28,32-33,38,43-44,47-48H,11-12,14-17H2,1-5H3/t22-,26+,27+,28+,32-,33-,38-,41-/m1/s1. The third kappa shape index (κ3) is 4.31. The number of aliphatic hydroxyl groups is 1. The highest BCUT2D eigenvalue weighted by Crippen LogP contribution is 2.63. The van der Waals surface area contributed by atoms with Crippen molar-refractivity contribution >= 4 is 28.6 Å². The van der Waals surface area contributed by atoms with E-state index in [9.17, 15) is 20.3 Å². The lowest BCUT2D eigenvalue weighted by Gasteiger charge is -2.62. The van der Waals surface area contributed by atoms with Gasteiger partial charge in [-0.1, -0.05) is 24.3 Å². The van der Waals surface area contributed by atoms with Crippen LogP contribution in [0.25, 0.3) is 10.9 Å². The van der Waals surface area contributed by atoms with Crippen LogP contribution < -0.4 is 19.5 Å². The number of benzene rings is 3. The number of para-hydroxylation sites is 1. The SMILES string of the molecule is COc1c(C)cc2c(c1O)[C@@H]1[C@@H]3[C@@H]4SC[C@]5(N[C@@H](CO)Cc6c5[nH]c5ccccc65)C(=O)OC[C@@H](c5c6c(c(C)c(C)c54)OCO6)N3[C@@H](C#N)[C@H](C2)N1C. The van der Waals surface area contributed by atoms with Gasteiger partial charge in [-0.15, -0.1) is 11.8 Å². The molecular formula is C41H43N5O7S. The molecule has 12 nitrogen and oxygen atoms in total. The third-order valence-corrected chi connectivity index (χ3v) is 14.7. The van der Waals surface area contributed by atoms with Gasteiger partial charge in [0.05, 0.1) is 37.6 Å². The van der Waals surface area contributed by atoms with Crippen LogP contribution >= 0.6 is 11.8 Å². The van der Waals surface area contributed by atoms with E-state index in [-0.39, 0.29) is 60.9 Å². The van der Waals surface area contributed by atoms with E-state index in [0.29, 0.717) is 30.1 Å². The molecule has 0 aliphatic carbocycles. The molecule has 3 aromatic carbocycles. The number of phenols is 1. The predicted octanol–water partition coefficient (Wildman–Crippen LogP) is 4.50. The second-order valence-corrected chi connectivity index (χ2v) is 16.8. The zero-order valence-electron chi connectivity index (χ0n) is 30.9. The first-order valence-corrected chi connectivity index (χ1v) is 19.7. The molecule has 8 atom stereocenters. The van der Waals surface area contributed by atoms with Crippen LogP contribution in [0, 0.1) is 32.1 Å². The number of aryl methyl sites for hydroxylation is 1. The average Bonchev–Trinajstić information content (AvgIpc) is 3.81. The molecule has 13 heteroatoms. The Balaban J connectivity index is 1.23. The summed E-state index contributed by atoms with van der Waals surface area (Å²) in [5.74, 6) is 1.73. The first kappa shape index (κ1) is 34.1. The summed E-state index contributed by atoms with van der Waals surface area (Å²) in [6, 6.07) is 10.4. The number of aromatic hydroxyl groups is 1. The van der Waals surface area contributed by atoms with Gasteiger partial charge in [-0.25, -0.2) is 4.79 Å². The van der Waals surface area contributed by atoms with Gasteiger partial charge in [-0.3, -0.25) is 15.1 Å². The van der Waals surface area contributed by atoms with E-state index in [1.165, 1.54) is 0 Å². The van der Waals surface area contributed by atoms with Crippen molar-refractivity contribution in [2.45, 2.75) is 80.7 Å². The Morgan fingerprint density at radius 3 is 2.67 bits per heavy atom. The molecule has 1 spiro atoms. The second-order valence-electron chi connectivity index (χ2n) is 15.7. The minimum Gasteiger partial charge on any atom is -0.504 e. The smallest absolute Gasteiger partial charge is 0.333 e. The summed E-state index contributed by atoms with van der Waals surface area (Å²) in [6.07, 6.45) is 1.11. The number of piperazine rings is 1. The largest absolute Gasteiger partial charge is 0.504 e. The number of carbonyl (C=O) groups excluding carboxylic acids is 1. The molecule has 0 radical (unpaired) electrons. The molecule has 4 aromatic rings. The van der Waals surface area contributed by atoms with Crippen molar-refractivity contribution in [3.8, 4) is 29.1 Å². The molecule has 4 bridgehead atoms. The van der Waals surface area contributed by atoms with E-state index in [1.54, 1.807) is 18.9 Å². The van der Waals surface area contributed by atoms with E-state index in [0.717, 1.165) is 61.1 Å². The van der Waals surface area contributed by atoms with Gasteiger partial charge in [0.15, 0.2) is 28.5 Å². The number of ether oxygens (including phenoxy) is 4. The van der Waals surface area contributed by atoms with Crippen molar-refractivity contribution in [1.29, 1.82) is 5.26 Å². The maximum atomic E-state index is 14.9. The molecule has 7 aliphatic heterocycles. The Morgan fingerprint density at radius 1 is 1.09 bits per heavy atom. The van der Waals surface area contributed by atoms with E-state index < -0.39 is 23.6 Å². The Labute approximate surface area is 317 Å². The quantitative estimate of drug-likeness (QED) is 0.214. The molecule has 11 rings (SSSR count). The molecule has 54 heavy (non-hydrogen) atoms. The first-order chi connectivity index (χ1) is 26.1. The monoisotopic (exact) mass is 749 g/mol. The van der Waals surface area contributed by atoms with E-state index >= 15 is 0 Å². The van der Waals surface area contributed by atoms with Gasteiger partial charge in [-0.05, 0) is 80.1 Å². The van der Waals surface area contributed by atoms with Crippen LogP contribution in [0.1, 0.15) is 67.5 Å². The second kappa shape index (κ2) is 12.0. The van der Waals surface area contributed by atoms with Gasteiger partial charge >= 0.3 is 5.97 Å². The molecule has 0 unspecified atom stereocenters. The minimum atomic E-state index is -1.31. The molecular weight excluding hydrogens is 707 g/mol. The number of hydrogen-bond donors (Lipinski definition) is 4. The number of H-pyrrole nitrogens is 1. The molecule has 280 valence electrons. The lowest BCUT2D eigenvalue weighted by atomic mass is 9.71. The van der Waals surface area contributed by atoms with Crippen molar-refractivity contribution in [2.75, 3.05) is 39.9 Å². The summed E-state index contributed by atoms with van der Waals surface area (Å²) in [5, 5.41) is 38.1. The fourth-order valence-corrected chi connectivity index (χ4v) is 12.6. The lowest BCUT2D eigenvalue weighted by molar-refractivity contribution is -0.158. The first-order valence-electron chi connectivity index (χ1n) is 18.6. The minimum absolute atomic E-state index is 0.0435. The Hall–Kier alpha value is -4.45. The fraction of sp³-hybridized carbons (Fsp3) is 0.463. The van der Waals surface area contributed by atoms with Crippen molar-refractivity contribution < 1.29 is 34.0 Å². The van der Waals surface area contributed by atoms with Crippen molar-refractivity contribution in [3.05, 3.63) is 80.5 Å². The number of rotatable bonds is 2. The van der Waals surface area contributed by atoms with Crippen molar-refractivity contribution in [2.24, 2.45) is 0 Å². The van der Waals surface area contributed by atoms with Gasteiger partial charge in [0, 0.05) is 51.2 Å². The number of aromatic nitrogens is 1. The van der Waals surface area contributed by atoms with Crippen LogP contribution in [0.2, 0.25) is 0 Å². The normalized spacial score (nSPS) is 31.0. The van der Waals surface area contributed by atoms with E-state index in [1.807, 2.05) is 25.1 Å². The molecule has 8 heterocycles. The number of fused-ring (bicyclic) bond motifs is 11. The number of hydrogen-bond acceptors (Lipinski definition) is 12. The zero-order valence-corrected chi connectivity index (χ0v) is 31.7. The highest BCUT2D eigenvalue weighted by molar-refractivity contribution is 7.99. The van der Waals surface area contributed by atoms with Gasteiger partial charge in [-0.2, -0.15) is 5.26 Å². The highest BCUT2D eigenvalue weighted by atomic mass is 32.2. The zero-order chi connectivity index (χ0) is 37.4. The van der Waals surface area contributed by atoms with Crippen LogP contribution in [-0.2, 0) is 27.9 Å². The van der Waals surface area contributed by atoms with E-state index in [4.69, 9.17) is 18.9 Å². The number of phenolic OH excluding ortho intramolecular Hbond substituents is 1. The van der Waals surface area contributed by atoms with Crippen molar-refractivity contribution in [3.63, 3.8) is 0 Å². The summed E-state index contributed by atoms with van der Waals surface area (Å²) in [7, 11) is 3.65. The molecule has 2 saturated heterocycles. The molecule has 0 amide bonds. The molecule has 2 fully saturated rings. The van der Waals surface area contributed by atoms with Crippen molar-refractivity contribution in [1.82, 2.24) is 20.1 Å². The number of carbonyl (C=O) groups is 1. The summed E-state index contributed by atoms with van der Waals surface area (Å²) in [4.78, 5) is 23.1. The van der Waals surface area contributed by atoms with Crippen LogP contribution in [0.15, 0.2) is 30.3 Å². The molecule has 7 aliphatic rings. The lowest BCUT2D eigenvalue weighted by Crippen LogP contribution is -2.69. The van der Waals surface area contributed by atoms with Crippen LogP contribution in [0.5, 0.6) is 23.0 Å². The van der Waals surface area contributed by atoms with E-state index in [2.05, 4.69) is 59.2 Å². The average molecular weight is 750 g/mol. The molecule has 1 aromatic heterocycles. The number of esters is 1. The molecule has 4 N–H and O–H groups in total. The number of aromatic amines is 1. The number of methoxy groups -OCH3 is 1. The van der Waals surface area contributed by atoms with Gasteiger partial charge in [0.25, 0.3) is 0 Å². The topological polar surface area (TPSA) is 153 Å². The summed E-state index contributed by atoms with van der Waals surface area (Å²) in [6.45, 7) is 6.00. The van der Waals surface area contributed by atoms with Gasteiger partial charge in [0.2, 0.25) is 6.79 Å². The highest BCUT2D eigenvalue weighted by Gasteiger charge is 2.61. The number of nitriles is 1. The maximum absolute atomic E-state index is 14.9. The summed E-state index contributed by atoms with van der Waals surface area (Å²) >= 11 is 1.65. The fourth-order valence-electron chi connectivity index (χ4n) is 10.8. The number of likely N-dealkylation sites (N-methyl/N-ethyl adjacent to an activating group) is 1. The van der Waals surface area contributed by atoms with Gasteiger partial charge in [0.1, 0.15) is 12.6 Å². The third-order valence-electron chi connectivity index (χ3n) is 13.2. The number of nitrogens with one attached hydrogen (secondary N) is 2.